The van der Waals surface area contributed by atoms with E-state index in [0.717, 1.165) is 58.3 Å². The van der Waals surface area contributed by atoms with Gasteiger partial charge in [0.2, 0.25) is 11.8 Å². The molecule has 2 amide bonds. The van der Waals surface area contributed by atoms with Crippen LogP contribution < -0.4 is 10.6 Å². The normalized spacial score (nSPS) is 22.1. The Morgan fingerprint density at radius 3 is 2.95 bits per heavy atom. The number of likely N-dealkylation sites (tertiary alicyclic amines) is 1. The third kappa shape index (κ3) is 6.97. The van der Waals surface area contributed by atoms with Gasteiger partial charge in [-0.3, -0.25) is 9.59 Å². The van der Waals surface area contributed by atoms with Crippen molar-refractivity contribution in [3.63, 3.8) is 0 Å². The highest BCUT2D eigenvalue weighted by Gasteiger charge is 2.17. The van der Waals surface area contributed by atoms with E-state index in [4.69, 9.17) is 0 Å². The minimum atomic E-state index is 0. The van der Waals surface area contributed by atoms with E-state index in [1.165, 1.54) is 6.42 Å². The molecule has 5 nitrogen and oxygen atoms in total. The molecular formula is C16H30ClN3O2. The van der Waals surface area contributed by atoms with Gasteiger partial charge in [0.1, 0.15) is 0 Å². The third-order valence-electron chi connectivity index (χ3n) is 4.54. The lowest BCUT2D eigenvalue weighted by Crippen LogP contribution is -2.34. The molecule has 22 heavy (non-hydrogen) atoms. The average molecular weight is 332 g/mol. The smallest absolute Gasteiger partial charge is 0.222 e. The maximum Gasteiger partial charge on any atom is 0.222 e. The number of amides is 2. The highest BCUT2D eigenvalue weighted by atomic mass is 35.5. The van der Waals surface area contributed by atoms with E-state index in [0.29, 0.717) is 25.3 Å². The van der Waals surface area contributed by atoms with Crippen molar-refractivity contribution >= 4 is 24.2 Å². The Morgan fingerprint density at radius 2 is 2.18 bits per heavy atom. The predicted molar refractivity (Wildman–Crippen MR) is 90.1 cm³/mol. The zero-order valence-corrected chi connectivity index (χ0v) is 14.3. The zero-order valence-electron chi connectivity index (χ0n) is 13.4. The number of hydrogen-bond donors (Lipinski definition) is 2. The summed E-state index contributed by atoms with van der Waals surface area (Å²) in [4.78, 5) is 25.5. The van der Waals surface area contributed by atoms with Gasteiger partial charge in [-0.05, 0) is 51.1 Å². The first-order chi connectivity index (χ1) is 10.3. The monoisotopic (exact) mass is 331 g/mol. The Bertz CT molecular complexity index is 346. The van der Waals surface area contributed by atoms with Crippen molar-refractivity contribution in [2.24, 2.45) is 5.92 Å². The maximum atomic E-state index is 11.8. The van der Waals surface area contributed by atoms with Crippen LogP contribution >= 0.6 is 12.4 Å². The number of nitrogens with zero attached hydrogens (tertiary/aromatic N) is 1. The third-order valence-corrected chi connectivity index (χ3v) is 4.54. The summed E-state index contributed by atoms with van der Waals surface area (Å²) in [5.74, 6) is 1.11. The first-order valence-corrected chi connectivity index (χ1v) is 8.51. The standard InChI is InChI=1S/C16H29N3O2.ClH/c20-15(7-6-14-8-10-17-13-14)18-9-4-12-19-11-3-1-2-5-16(19)21;/h14,17H,1-13H2,(H,18,20);1H. The van der Waals surface area contributed by atoms with Crippen LogP contribution in [0.25, 0.3) is 0 Å². The van der Waals surface area contributed by atoms with Crippen LogP contribution in [-0.4, -0.2) is 49.4 Å². The van der Waals surface area contributed by atoms with E-state index in [9.17, 15) is 9.59 Å². The van der Waals surface area contributed by atoms with Gasteiger partial charge in [0, 0.05) is 32.5 Å². The summed E-state index contributed by atoms with van der Waals surface area (Å²) in [5, 5.41) is 6.30. The van der Waals surface area contributed by atoms with Crippen LogP contribution in [0.3, 0.4) is 0 Å². The molecule has 0 bridgehead atoms. The first-order valence-electron chi connectivity index (χ1n) is 8.51. The molecule has 1 atom stereocenters. The highest BCUT2D eigenvalue weighted by molar-refractivity contribution is 5.85. The topological polar surface area (TPSA) is 61.4 Å². The van der Waals surface area contributed by atoms with Gasteiger partial charge in [-0.25, -0.2) is 0 Å². The van der Waals surface area contributed by atoms with Crippen molar-refractivity contribution in [1.29, 1.82) is 0 Å². The van der Waals surface area contributed by atoms with Gasteiger partial charge >= 0.3 is 0 Å². The van der Waals surface area contributed by atoms with Crippen molar-refractivity contribution in [2.45, 2.75) is 51.4 Å². The van der Waals surface area contributed by atoms with E-state index in [1.54, 1.807) is 0 Å². The van der Waals surface area contributed by atoms with E-state index >= 15 is 0 Å². The van der Waals surface area contributed by atoms with E-state index < -0.39 is 0 Å². The molecule has 2 aliphatic rings. The van der Waals surface area contributed by atoms with Crippen molar-refractivity contribution < 1.29 is 9.59 Å². The van der Waals surface area contributed by atoms with Gasteiger partial charge in [-0.2, -0.15) is 0 Å². The largest absolute Gasteiger partial charge is 0.356 e. The molecule has 0 aromatic rings. The average Bonchev–Trinajstić information content (AvgIpc) is 2.92. The maximum absolute atomic E-state index is 11.8. The number of hydrogen-bond acceptors (Lipinski definition) is 3. The van der Waals surface area contributed by atoms with E-state index in [1.807, 2.05) is 4.90 Å². The summed E-state index contributed by atoms with van der Waals surface area (Å²) >= 11 is 0. The molecule has 0 spiro atoms. The lowest BCUT2D eigenvalue weighted by Gasteiger charge is -2.20. The van der Waals surface area contributed by atoms with Crippen molar-refractivity contribution in [1.82, 2.24) is 15.5 Å². The Balaban J connectivity index is 0.00000242. The number of nitrogens with one attached hydrogen (secondary N) is 2. The quantitative estimate of drug-likeness (QED) is 0.698. The van der Waals surface area contributed by atoms with Gasteiger partial charge in [-0.1, -0.05) is 6.42 Å². The van der Waals surface area contributed by atoms with Crippen LogP contribution in [-0.2, 0) is 9.59 Å². The van der Waals surface area contributed by atoms with Crippen molar-refractivity contribution in [3.8, 4) is 0 Å². The molecule has 2 rings (SSSR count). The second kappa shape index (κ2) is 10.8. The van der Waals surface area contributed by atoms with Crippen LogP contribution in [0, 0.1) is 5.92 Å². The fraction of sp³-hybridized carbons (Fsp3) is 0.875. The molecule has 0 saturated carbocycles. The second-order valence-electron chi connectivity index (χ2n) is 6.29. The summed E-state index contributed by atoms with van der Waals surface area (Å²) in [6.45, 7) is 4.51. The SMILES string of the molecule is Cl.O=C(CCC1CCNC1)NCCCN1CCCCCC1=O. The lowest BCUT2D eigenvalue weighted by molar-refractivity contribution is -0.130. The molecule has 2 N–H and O–H groups in total. The van der Waals surface area contributed by atoms with Gasteiger partial charge in [0.05, 0.1) is 0 Å². The second-order valence-corrected chi connectivity index (χ2v) is 6.29. The Labute approximate surface area is 140 Å². The Kier molecular flexibility index (Phi) is 9.48. The fourth-order valence-corrected chi connectivity index (χ4v) is 3.16. The molecule has 0 aliphatic carbocycles. The summed E-state index contributed by atoms with van der Waals surface area (Å²) in [6.07, 6.45) is 7.69. The van der Waals surface area contributed by atoms with E-state index in [-0.39, 0.29) is 24.2 Å². The molecule has 2 fully saturated rings. The summed E-state index contributed by atoms with van der Waals surface area (Å²) in [6, 6.07) is 0. The van der Waals surface area contributed by atoms with Crippen molar-refractivity contribution in [3.05, 3.63) is 0 Å². The minimum Gasteiger partial charge on any atom is -0.356 e. The molecule has 2 aliphatic heterocycles. The molecule has 6 heteroatoms. The Morgan fingerprint density at radius 1 is 1.32 bits per heavy atom. The Hall–Kier alpha value is -0.810. The molecule has 0 aromatic carbocycles. The number of carbonyl (C=O) groups excluding carboxylic acids is 2. The summed E-state index contributed by atoms with van der Waals surface area (Å²) in [5.41, 5.74) is 0. The fourth-order valence-electron chi connectivity index (χ4n) is 3.16. The highest BCUT2D eigenvalue weighted by Crippen LogP contribution is 2.14. The number of halogens is 1. The zero-order chi connectivity index (χ0) is 14.9. The van der Waals surface area contributed by atoms with Gasteiger partial charge in [0.15, 0.2) is 0 Å². The van der Waals surface area contributed by atoms with Crippen LogP contribution in [0.4, 0.5) is 0 Å². The summed E-state index contributed by atoms with van der Waals surface area (Å²) in [7, 11) is 0. The first kappa shape index (κ1) is 19.2. The molecule has 0 radical (unpaired) electrons. The molecule has 2 saturated heterocycles. The molecular weight excluding hydrogens is 302 g/mol. The molecule has 1 unspecified atom stereocenters. The number of carbonyl (C=O) groups is 2. The van der Waals surface area contributed by atoms with Crippen molar-refractivity contribution in [2.75, 3.05) is 32.7 Å². The predicted octanol–water partition coefficient (Wildman–Crippen LogP) is 1.71. The van der Waals surface area contributed by atoms with Crippen LogP contribution in [0.1, 0.15) is 51.4 Å². The summed E-state index contributed by atoms with van der Waals surface area (Å²) < 4.78 is 0. The molecule has 0 aromatic heterocycles. The molecule has 128 valence electrons. The van der Waals surface area contributed by atoms with Crippen LogP contribution in [0.5, 0.6) is 0 Å². The molecule has 2 heterocycles. The van der Waals surface area contributed by atoms with Crippen LogP contribution in [0.15, 0.2) is 0 Å². The van der Waals surface area contributed by atoms with Gasteiger partial charge in [-0.15, -0.1) is 12.4 Å². The van der Waals surface area contributed by atoms with Gasteiger partial charge in [0.25, 0.3) is 0 Å². The minimum absolute atomic E-state index is 0. The van der Waals surface area contributed by atoms with E-state index in [2.05, 4.69) is 10.6 Å². The lowest BCUT2D eigenvalue weighted by atomic mass is 10.0. The van der Waals surface area contributed by atoms with Gasteiger partial charge < -0.3 is 15.5 Å². The number of rotatable bonds is 7. The van der Waals surface area contributed by atoms with Crippen LogP contribution in [0.2, 0.25) is 0 Å².